The van der Waals surface area contributed by atoms with Crippen molar-refractivity contribution in [1.29, 1.82) is 0 Å². The fraction of sp³-hybridized carbons (Fsp3) is 0.316. The average molecular weight is 330 g/mol. The van der Waals surface area contributed by atoms with Crippen LogP contribution in [0.15, 0.2) is 42.5 Å². The Morgan fingerprint density at radius 2 is 1.62 bits per heavy atom. The summed E-state index contributed by atoms with van der Waals surface area (Å²) in [5.41, 5.74) is 1.35. The molecule has 2 aromatic carbocycles. The lowest BCUT2D eigenvalue weighted by atomic mass is 10.0. The van der Waals surface area contributed by atoms with E-state index < -0.39 is 5.97 Å². The molecule has 0 spiro atoms. The number of aromatic carboxylic acids is 1. The lowest BCUT2D eigenvalue weighted by Crippen LogP contribution is -2.11. The van der Waals surface area contributed by atoms with Gasteiger partial charge in [0, 0.05) is 6.07 Å². The number of carbonyl (C=O) groups is 1. The smallest absolute Gasteiger partial charge is 0.339 e. The molecule has 0 saturated heterocycles. The van der Waals surface area contributed by atoms with Gasteiger partial charge >= 0.3 is 5.97 Å². The molecule has 0 bridgehead atoms. The van der Waals surface area contributed by atoms with Gasteiger partial charge in [0.2, 0.25) is 0 Å². The van der Waals surface area contributed by atoms with Crippen LogP contribution >= 0.6 is 0 Å². The third-order valence-electron chi connectivity index (χ3n) is 3.58. The van der Waals surface area contributed by atoms with Crippen LogP contribution in [0.5, 0.6) is 17.2 Å². The van der Waals surface area contributed by atoms with E-state index in [9.17, 15) is 9.90 Å². The minimum Gasteiger partial charge on any atom is -0.497 e. The first-order chi connectivity index (χ1) is 11.5. The Kier molecular flexibility index (Phi) is 6.07. The fourth-order valence-electron chi connectivity index (χ4n) is 2.19. The van der Waals surface area contributed by atoms with Crippen LogP contribution in [0.1, 0.15) is 35.7 Å². The molecule has 128 valence electrons. The number of carboxylic acids is 1. The van der Waals surface area contributed by atoms with Gasteiger partial charge in [-0.3, -0.25) is 0 Å². The van der Waals surface area contributed by atoms with Gasteiger partial charge in [0.25, 0.3) is 0 Å². The molecule has 0 saturated carbocycles. The quantitative estimate of drug-likeness (QED) is 0.742. The summed E-state index contributed by atoms with van der Waals surface area (Å²) in [4.78, 5) is 11.2. The Morgan fingerprint density at radius 1 is 1.00 bits per heavy atom. The third-order valence-corrected chi connectivity index (χ3v) is 3.58. The van der Waals surface area contributed by atoms with Crippen molar-refractivity contribution >= 4 is 5.97 Å². The van der Waals surface area contributed by atoms with Crippen molar-refractivity contribution in [3.05, 3.63) is 53.6 Å². The average Bonchev–Trinajstić information content (AvgIpc) is 2.58. The molecule has 0 heterocycles. The first kappa shape index (κ1) is 17.7. The topological polar surface area (TPSA) is 65.0 Å². The fourth-order valence-corrected chi connectivity index (χ4v) is 2.19. The summed E-state index contributed by atoms with van der Waals surface area (Å²) in [5, 5.41) is 9.18. The highest BCUT2D eigenvalue weighted by Crippen LogP contribution is 2.25. The molecular formula is C19H22O5. The van der Waals surface area contributed by atoms with Gasteiger partial charge in [0.15, 0.2) is 0 Å². The number of hydrogen-bond acceptors (Lipinski definition) is 4. The lowest BCUT2D eigenvalue weighted by Gasteiger charge is -2.12. The third kappa shape index (κ3) is 4.65. The molecule has 0 unspecified atom stereocenters. The highest BCUT2D eigenvalue weighted by atomic mass is 16.5. The molecule has 24 heavy (non-hydrogen) atoms. The van der Waals surface area contributed by atoms with Gasteiger partial charge in [0.05, 0.1) is 7.11 Å². The molecule has 0 atom stereocenters. The number of hydrogen-bond donors (Lipinski definition) is 1. The molecular weight excluding hydrogens is 308 g/mol. The molecule has 0 aromatic heterocycles. The lowest BCUT2D eigenvalue weighted by molar-refractivity contribution is 0.0691. The summed E-state index contributed by atoms with van der Waals surface area (Å²) in [6.07, 6.45) is 0. The summed E-state index contributed by atoms with van der Waals surface area (Å²) in [7, 11) is 1.52. The standard InChI is InChI=1S/C19H22O5/c1-13(2)14-4-6-15(7-5-14)23-10-11-24-18-12-16(22-3)8-9-17(18)19(20)21/h4-9,12-13H,10-11H2,1-3H3,(H,20,21). The summed E-state index contributed by atoms with van der Waals surface area (Å²) in [6, 6.07) is 12.5. The van der Waals surface area contributed by atoms with Gasteiger partial charge in [-0.1, -0.05) is 26.0 Å². The van der Waals surface area contributed by atoms with Gasteiger partial charge in [-0.25, -0.2) is 4.79 Å². The molecule has 0 aliphatic carbocycles. The van der Waals surface area contributed by atoms with Crippen LogP contribution in [0.2, 0.25) is 0 Å². The normalized spacial score (nSPS) is 10.5. The van der Waals surface area contributed by atoms with Gasteiger partial charge in [0.1, 0.15) is 36.0 Å². The number of ether oxygens (including phenoxy) is 3. The first-order valence-electron chi connectivity index (χ1n) is 7.78. The van der Waals surface area contributed by atoms with E-state index in [4.69, 9.17) is 14.2 Å². The summed E-state index contributed by atoms with van der Waals surface area (Å²) in [5.74, 6) is 0.996. The Labute approximate surface area is 141 Å². The van der Waals surface area contributed by atoms with E-state index in [1.54, 1.807) is 12.1 Å². The second-order valence-corrected chi connectivity index (χ2v) is 5.59. The zero-order valence-electron chi connectivity index (χ0n) is 14.1. The van der Waals surface area contributed by atoms with Crippen LogP contribution in [-0.2, 0) is 0 Å². The minimum atomic E-state index is -1.04. The predicted molar refractivity (Wildman–Crippen MR) is 91.5 cm³/mol. The zero-order valence-corrected chi connectivity index (χ0v) is 14.1. The van der Waals surface area contributed by atoms with Crippen LogP contribution in [0.3, 0.4) is 0 Å². The number of carboxylic acid groups (broad SMARTS) is 1. The highest BCUT2D eigenvalue weighted by molar-refractivity contribution is 5.91. The van der Waals surface area contributed by atoms with Crippen LogP contribution < -0.4 is 14.2 Å². The number of benzene rings is 2. The van der Waals surface area contributed by atoms with Crippen molar-refractivity contribution < 1.29 is 24.1 Å². The van der Waals surface area contributed by atoms with Crippen molar-refractivity contribution in [1.82, 2.24) is 0 Å². The molecule has 0 fully saturated rings. The van der Waals surface area contributed by atoms with Crippen LogP contribution in [0.4, 0.5) is 0 Å². The highest BCUT2D eigenvalue weighted by Gasteiger charge is 2.12. The minimum absolute atomic E-state index is 0.0945. The molecule has 5 nitrogen and oxygen atoms in total. The molecule has 2 rings (SSSR count). The molecule has 2 aromatic rings. The van der Waals surface area contributed by atoms with Crippen molar-refractivity contribution in [2.45, 2.75) is 19.8 Å². The van der Waals surface area contributed by atoms with Gasteiger partial charge in [-0.05, 0) is 35.7 Å². The summed E-state index contributed by atoms with van der Waals surface area (Å²) >= 11 is 0. The molecule has 0 aliphatic rings. The number of methoxy groups -OCH3 is 1. The molecule has 0 amide bonds. The monoisotopic (exact) mass is 330 g/mol. The largest absolute Gasteiger partial charge is 0.497 e. The van der Waals surface area contributed by atoms with E-state index in [1.165, 1.54) is 18.7 Å². The van der Waals surface area contributed by atoms with Crippen molar-refractivity contribution in [2.75, 3.05) is 20.3 Å². The van der Waals surface area contributed by atoms with Crippen LogP contribution in [0.25, 0.3) is 0 Å². The SMILES string of the molecule is COc1ccc(C(=O)O)c(OCCOc2ccc(C(C)C)cc2)c1. The maximum Gasteiger partial charge on any atom is 0.339 e. The van der Waals surface area contributed by atoms with Crippen LogP contribution in [-0.4, -0.2) is 31.4 Å². The second-order valence-electron chi connectivity index (χ2n) is 5.59. The van der Waals surface area contributed by atoms with Gasteiger partial charge in [-0.2, -0.15) is 0 Å². The van der Waals surface area contributed by atoms with Crippen molar-refractivity contribution in [3.8, 4) is 17.2 Å². The van der Waals surface area contributed by atoms with Gasteiger partial charge < -0.3 is 19.3 Å². The summed E-state index contributed by atoms with van der Waals surface area (Å²) in [6.45, 7) is 4.83. The van der Waals surface area contributed by atoms with Crippen molar-refractivity contribution in [2.24, 2.45) is 0 Å². The maximum atomic E-state index is 11.2. The van der Waals surface area contributed by atoms with Gasteiger partial charge in [-0.15, -0.1) is 0 Å². The number of rotatable bonds is 8. The molecule has 0 radical (unpaired) electrons. The van der Waals surface area contributed by atoms with E-state index in [0.717, 1.165) is 5.75 Å². The Hall–Kier alpha value is -2.69. The van der Waals surface area contributed by atoms with Crippen molar-refractivity contribution in [3.63, 3.8) is 0 Å². The zero-order chi connectivity index (χ0) is 17.5. The van der Waals surface area contributed by atoms with E-state index in [2.05, 4.69) is 13.8 Å². The van der Waals surface area contributed by atoms with E-state index in [1.807, 2.05) is 24.3 Å². The van der Waals surface area contributed by atoms with Crippen LogP contribution in [0, 0.1) is 0 Å². The van der Waals surface area contributed by atoms with E-state index >= 15 is 0 Å². The van der Waals surface area contributed by atoms with E-state index in [0.29, 0.717) is 18.3 Å². The predicted octanol–water partition coefficient (Wildman–Crippen LogP) is 3.97. The summed E-state index contributed by atoms with van der Waals surface area (Å²) < 4.78 is 16.2. The maximum absolute atomic E-state index is 11.2. The molecule has 5 heteroatoms. The Morgan fingerprint density at radius 3 is 2.21 bits per heavy atom. The second kappa shape index (κ2) is 8.24. The molecule has 1 N–H and O–H groups in total. The van der Waals surface area contributed by atoms with E-state index in [-0.39, 0.29) is 17.9 Å². The Bertz CT molecular complexity index is 677. The first-order valence-corrected chi connectivity index (χ1v) is 7.78. The molecule has 0 aliphatic heterocycles. The Balaban J connectivity index is 1.91.